The molecule has 0 spiro atoms. The first-order valence-electron chi connectivity index (χ1n) is 16.1. The average Bonchev–Trinajstić information content (AvgIpc) is 3.65. The van der Waals surface area contributed by atoms with Gasteiger partial charge in [0.05, 0.1) is 45.5 Å². The van der Waals surface area contributed by atoms with Gasteiger partial charge in [0.25, 0.3) is 11.5 Å². The van der Waals surface area contributed by atoms with Crippen molar-refractivity contribution in [2.75, 3.05) is 36.4 Å². The number of aromatic nitrogens is 8. The molecule has 2 fully saturated rings. The van der Waals surface area contributed by atoms with Gasteiger partial charge in [-0.1, -0.05) is 18.5 Å². The number of piperazine rings is 1. The number of hydrogen-bond acceptors (Lipinski definition) is 10. The van der Waals surface area contributed by atoms with Gasteiger partial charge in [-0.3, -0.25) is 19.1 Å². The number of rotatable bonds is 8. The molecule has 266 valence electrons. The largest absolute Gasteiger partial charge is 0.504 e. The van der Waals surface area contributed by atoms with E-state index >= 15 is 0 Å². The quantitative estimate of drug-likeness (QED) is 0.241. The van der Waals surface area contributed by atoms with Crippen LogP contribution in [0.2, 0.25) is 5.02 Å². The lowest BCUT2D eigenvalue weighted by Crippen LogP contribution is -2.51. The number of halogens is 4. The number of carbonyl (C=O) groups is 2. The second-order valence-corrected chi connectivity index (χ2v) is 12.7. The number of aromatic hydroxyl groups is 1. The van der Waals surface area contributed by atoms with Crippen LogP contribution in [0, 0.1) is 6.92 Å². The summed E-state index contributed by atoms with van der Waals surface area (Å²) in [4.78, 5) is 56.8. The van der Waals surface area contributed by atoms with Crippen LogP contribution in [0.15, 0.2) is 41.7 Å². The average molecular weight is 726 g/mol. The number of anilines is 2. The highest BCUT2D eigenvalue weighted by atomic mass is 35.5. The predicted octanol–water partition coefficient (Wildman–Crippen LogP) is 3.73. The van der Waals surface area contributed by atoms with Crippen molar-refractivity contribution in [1.29, 1.82) is 0 Å². The maximum atomic E-state index is 14.2. The standard InChI is InChI=1S/C32H31ClF3N11O4/c1-3-23-26(43-8-10-44(11-9-43)29(50)25-27(49)17(2)37-16-38-25)30(51)47-31(41-28(42-47)18-13-39-46(14-18)20-5-6-20)45(23)15-24(48)40-22-7-4-19(12-21(22)33)32(34,35)36/h4,7,12-14,16,20,49H,3,5-6,8-11,15H2,1-2H3,(H,40,48). The van der Waals surface area contributed by atoms with Crippen LogP contribution in [0.4, 0.5) is 24.5 Å². The molecule has 2 aliphatic rings. The zero-order valence-electron chi connectivity index (χ0n) is 27.4. The summed E-state index contributed by atoms with van der Waals surface area (Å²) >= 11 is 6.12. The van der Waals surface area contributed by atoms with E-state index < -0.39 is 29.1 Å². The minimum atomic E-state index is -4.61. The molecule has 5 heterocycles. The van der Waals surface area contributed by atoms with Crippen molar-refractivity contribution in [2.24, 2.45) is 0 Å². The number of fused-ring (bicyclic) bond motifs is 1. The minimum Gasteiger partial charge on any atom is -0.504 e. The zero-order chi connectivity index (χ0) is 36.2. The number of nitrogens with one attached hydrogen (secondary N) is 1. The number of hydrogen-bond donors (Lipinski definition) is 2. The van der Waals surface area contributed by atoms with E-state index in [9.17, 15) is 32.7 Å². The molecule has 2 amide bonds. The maximum absolute atomic E-state index is 14.2. The first-order chi connectivity index (χ1) is 24.3. The van der Waals surface area contributed by atoms with Crippen molar-refractivity contribution in [3.8, 4) is 17.1 Å². The summed E-state index contributed by atoms with van der Waals surface area (Å²) < 4.78 is 44.1. The number of aryl methyl sites for hydroxylation is 1. The van der Waals surface area contributed by atoms with E-state index in [0.717, 1.165) is 35.6 Å². The summed E-state index contributed by atoms with van der Waals surface area (Å²) in [6.45, 7) is 3.83. The van der Waals surface area contributed by atoms with Crippen LogP contribution in [-0.4, -0.2) is 86.9 Å². The number of benzene rings is 1. The van der Waals surface area contributed by atoms with Crippen molar-refractivity contribution in [2.45, 2.75) is 51.9 Å². The fourth-order valence-electron chi connectivity index (χ4n) is 6.08. The summed E-state index contributed by atoms with van der Waals surface area (Å²) in [5, 5.41) is 21.6. The predicted molar refractivity (Wildman–Crippen MR) is 178 cm³/mol. The van der Waals surface area contributed by atoms with E-state index in [2.05, 4.69) is 30.5 Å². The molecule has 1 aliphatic carbocycles. The van der Waals surface area contributed by atoms with Crippen LogP contribution < -0.4 is 15.8 Å². The molecule has 7 rings (SSSR count). The van der Waals surface area contributed by atoms with Crippen LogP contribution in [0.1, 0.15) is 53.2 Å². The first-order valence-corrected chi connectivity index (χ1v) is 16.5. The minimum absolute atomic E-state index is 0.0228. The van der Waals surface area contributed by atoms with Crippen molar-refractivity contribution >= 4 is 40.6 Å². The van der Waals surface area contributed by atoms with Crippen LogP contribution in [0.3, 0.4) is 0 Å². The third kappa shape index (κ3) is 6.46. The van der Waals surface area contributed by atoms with Gasteiger partial charge < -0.3 is 24.8 Å². The molecule has 1 saturated heterocycles. The smallest absolute Gasteiger partial charge is 0.416 e. The van der Waals surface area contributed by atoms with Crippen LogP contribution in [0.25, 0.3) is 17.2 Å². The number of alkyl halides is 3. The molecular formula is C32H31ClF3N11O4. The van der Waals surface area contributed by atoms with Crippen molar-refractivity contribution in [3.05, 3.63) is 74.9 Å². The summed E-state index contributed by atoms with van der Waals surface area (Å²) in [5.74, 6) is -1.12. The second-order valence-electron chi connectivity index (χ2n) is 12.3. The SMILES string of the molecule is CCc1c(N2CCN(C(=O)c3ncnc(C)c3O)CC2)c(=O)n2nc(-c3cnn(C4CC4)c3)nc2n1CC(=O)Nc1ccc(C(F)(F)F)cc1Cl. The molecule has 1 aliphatic heterocycles. The Hall–Kier alpha value is -5.52. The highest BCUT2D eigenvalue weighted by Crippen LogP contribution is 2.36. The van der Waals surface area contributed by atoms with Gasteiger partial charge in [-0.15, -0.1) is 5.10 Å². The lowest BCUT2D eigenvalue weighted by atomic mass is 10.2. The number of carbonyl (C=O) groups excluding carboxylic acids is 2. The van der Waals surface area contributed by atoms with Crippen molar-refractivity contribution in [1.82, 2.24) is 43.8 Å². The Morgan fingerprint density at radius 1 is 1.12 bits per heavy atom. The molecule has 4 aromatic heterocycles. The van der Waals surface area contributed by atoms with Gasteiger partial charge in [-0.05, 0) is 44.4 Å². The maximum Gasteiger partial charge on any atom is 0.416 e. The van der Waals surface area contributed by atoms with Gasteiger partial charge in [-0.2, -0.15) is 27.8 Å². The number of amides is 2. The van der Waals surface area contributed by atoms with E-state index in [-0.39, 0.29) is 84.3 Å². The molecule has 1 aromatic carbocycles. The Morgan fingerprint density at radius 2 is 1.86 bits per heavy atom. The van der Waals surface area contributed by atoms with Crippen molar-refractivity contribution < 1.29 is 27.9 Å². The molecule has 0 unspecified atom stereocenters. The molecule has 2 N–H and O–H groups in total. The molecule has 51 heavy (non-hydrogen) atoms. The van der Waals surface area contributed by atoms with E-state index in [0.29, 0.717) is 17.3 Å². The summed E-state index contributed by atoms with van der Waals surface area (Å²) in [6.07, 6.45) is 2.29. The molecule has 5 aromatic rings. The summed E-state index contributed by atoms with van der Waals surface area (Å²) in [7, 11) is 0. The lowest BCUT2D eigenvalue weighted by Gasteiger charge is -2.36. The normalized spacial score (nSPS) is 15.1. The van der Waals surface area contributed by atoms with Gasteiger partial charge in [0.15, 0.2) is 17.3 Å². The summed E-state index contributed by atoms with van der Waals surface area (Å²) in [5.41, 5.74) is -0.0315. The topological polar surface area (TPSA) is 169 Å². The number of nitrogens with zero attached hydrogens (tertiary/aromatic N) is 10. The third-order valence-corrected chi connectivity index (χ3v) is 9.22. The highest BCUT2D eigenvalue weighted by molar-refractivity contribution is 6.33. The fourth-order valence-corrected chi connectivity index (χ4v) is 6.30. The second kappa shape index (κ2) is 13.0. The van der Waals surface area contributed by atoms with E-state index in [1.54, 1.807) is 23.9 Å². The molecule has 19 heteroatoms. The Labute approximate surface area is 292 Å². The lowest BCUT2D eigenvalue weighted by molar-refractivity contribution is -0.137. The molecule has 1 saturated carbocycles. The van der Waals surface area contributed by atoms with Crippen LogP contribution in [-0.2, 0) is 23.9 Å². The van der Waals surface area contributed by atoms with E-state index in [4.69, 9.17) is 11.6 Å². The molecule has 15 nitrogen and oxygen atoms in total. The molecule has 0 atom stereocenters. The Balaban J connectivity index is 1.24. The summed E-state index contributed by atoms with van der Waals surface area (Å²) in [6, 6.07) is 2.92. The molecular weight excluding hydrogens is 695 g/mol. The Bertz CT molecular complexity index is 2240. The molecule has 0 radical (unpaired) electrons. The monoisotopic (exact) mass is 725 g/mol. The zero-order valence-corrected chi connectivity index (χ0v) is 28.1. The van der Waals surface area contributed by atoms with Gasteiger partial charge in [-0.25, -0.2) is 9.97 Å². The van der Waals surface area contributed by atoms with E-state index in [1.807, 2.05) is 16.5 Å². The van der Waals surface area contributed by atoms with Crippen LogP contribution in [0.5, 0.6) is 5.75 Å². The fraction of sp³-hybridized carbons (Fsp3) is 0.375. The van der Waals surface area contributed by atoms with Gasteiger partial charge in [0.2, 0.25) is 11.7 Å². The Morgan fingerprint density at radius 3 is 2.53 bits per heavy atom. The van der Waals surface area contributed by atoms with E-state index in [1.165, 1.54) is 11.2 Å². The van der Waals surface area contributed by atoms with Crippen molar-refractivity contribution in [3.63, 3.8) is 0 Å². The third-order valence-electron chi connectivity index (χ3n) is 8.90. The van der Waals surface area contributed by atoms with Crippen LogP contribution >= 0.6 is 11.6 Å². The van der Waals surface area contributed by atoms with Gasteiger partial charge >= 0.3 is 6.18 Å². The Kier molecular flexibility index (Phi) is 8.64. The molecule has 0 bridgehead atoms. The first kappa shape index (κ1) is 34.0. The van der Waals surface area contributed by atoms with Gasteiger partial charge in [0.1, 0.15) is 18.6 Å². The highest BCUT2D eigenvalue weighted by Gasteiger charge is 2.33. The van der Waals surface area contributed by atoms with Gasteiger partial charge in [0, 0.05) is 32.4 Å².